The van der Waals surface area contributed by atoms with Crippen molar-refractivity contribution in [3.63, 3.8) is 0 Å². The average molecular weight is 88.1 g/mol. The first kappa shape index (κ1) is 5.76. The van der Waals surface area contributed by atoms with Crippen LogP contribution in [0.15, 0.2) is 0 Å². The molecule has 2 heteroatoms. The first-order valence-electron chi connectivity index (χ1n) is 2.23. The Bertz CT molecular complexity index is 26.7. The molecule has 0 aromatic rings. The first-order valence-corrected chi connectivity index (χ1v) is 2.23. The zero-order valence-corrected chi connectivity index (χ0v) is 4.27. The van der Waals surface area contributed by atoms with Gasteiger partial charge >= 0.3 is 0 Å². The second kappa shape index (κ2) is 2.97. The van der Waals surface area contributed by atoms with Crippen molar-refractivity contribution in [3.8, 4) is 0 Å². The van der Waals surface area contributed by atoms with Crippen LogP contribution >= 0.6 is 0 Å². The van der Waals surface area contributed by atoms with E-state index in [-0.39, 0.29) is 0 Å². The standard InChI is InChI=1S/C4H10NO/c1-3-5(6)4-2/h3-4H2,1-2H3/q+1. The third kappa shape index (κ3) is 2.03. The van der Waals surface area contributed by atoms with Gasteiger partial charge in [-0.25, -0.2) is 0 Å². The Balaban J connectivity index is 2.75. The summed E-state index contributed by atoms with van der Waals surface area (Å²) in [6.07, 6.45) is 0. The maximum atomic E-state index is 10.1. The molecule has 0 aliphatic rings. The molecule has 0 heterocycles. The molecule has 0 unspecified atom stereocenters. The molecule has 0 aliphatic carbocycles. The van der Waals surface area contributed by atoms with Crippen LogP contribution in [0.25, 0.3) is 0 Å². The van der Waals surface area contributed by atoms with Gasteiger partial charge in [-0.1, -0.05) is 0 Å². The fourth-order valence-electron chi connectivity index (χ4n) is 0.224. The summed E-state index contributed by atoms with van der Waals surface area (Å²) in [5.41, 5.74) is 0. The average Bonchev–Trinajstić information content (AvgIpc) is 1.65. The molecule has 0 rings (SSSR count). The van der Waals surface area contributed by atoms with Gasteiger partial charge in [0.05, 0.1) is 0 Å². The Morgan fingerprint density at radius 1 is 1.33 bits per heavy atom. The van der Waals surface area contributed by atoms with Crippen LogP contribution in [0, 0.1) is 5.21 Å². The molecular weight excluding hydrogens is 78.0 g/mol. The summed E-state index contributed by atoms with van der Waals surface area (Å²) >= 11 is 0. The van der Waals surface area contributed by atoms with Crippen LogP contribution in [-0.2, 0) is 0 Å². The van der Waals surface area contributed by atoms with E-state index in [0.29, 0.717) is 13.1 Å². The quantitative estimate of drug-likeness (QED) is 0.456. The number of hydroxylamine groups is 2. The summed E-state index contributed by atoms with van der Waals surface area (Å²) in [6, 6.07) is 0. The molecule has 6 heavy (non-hydrogen) atoms. The molecule has 0 N–H and O–H groups in total. The molecule has 0 saturated heterocycles. The van der Waals surface area contributed by atoms with Gasteiger partial charge < -0.3 is 5.21 Å². The summed E-state index contributed by atoms with van der Waals surface area (Å²) in [4.78, 5) is 0. The van der Waals surface area contributed by atoms with Crippen LogP contribution in [0.5, 0.6) is 0 Å². The minimum Gasteiger partial charge on any atom is -0.349 e. The maximum Gasteiger partial charge on any atom is 0.259 e. The van der Waals surface area contributed by atoms with Gasteiger partial charge in [0, 0.05) is 13.8 Å². The van der Waals surface area contributed by atoms with E-state index in [0.717, 1.165) is 5.06 Å². The largest absolute Gasteiger partial charge is 0.349 e. The smallest absolute Gasteiger partial charge is 0.259 e. The molecule has 0 atom stereocenters. The highest BCUT2D eigenvalue weighted by atomic mass is 16.5. The van der Waals surface area contributed by atoms with Gasteiger partial charge in [-0.3, -0.25) is 0 Å². The van der Waals surface area contributed by atoms with E-state index in [4.69, 9.17) is 0 Å². The molecule has 0 aromatic carbocycles. The van der Waals surface area contributed by atoms with Gasteiger partial charge in [-0.05, 0) is 0 Å². The van der Waals surface area contributed by atoms with Gasteiger partial charge in [-0.15, -0.1) is 5.06 Å². The molecule has 0 fully saturated rings. The minimum atomic E-state index is 0.608. The lowest BCUT2D eigenvalue weighted by Gasteiger charge is -1.95. The number of nitrogens with zero attached hydrogens (tertiary/aromatic N) is 1. The second-order valence-corrected chi connectivity index (χ2v) is 1.11. The lowest BCUT2D eigenvalue weighted by Crippen LogP contribution is -2.20. The Kier molecular flexibility index (Phi) is 2.85. The normalized spacial score (nSPS) is 8.50. The summed E-state index contributed by atoms with van der Waals surface area (Å²) in [5.74, 6) is 0. The van der Waals surface area contributed by atoms with E-state index in [1.807, 2.05) is 13.8 Å². The van der Waals surface area contributed by atoms with Crippen LogP contribution in [0.4, 0.5) is 0 Å². The Morgan fingerprint density at radius 3 is 1.67 bits per heavy atom. The van der Waals surface area contributed by atoms with Crippen molar-refractivity contribution in [1.82, 2.24) is 5.06 Å². The fraction of sp³-hybridized carbons (Fsp3) is 1.00. The molecule has 0 radical (unpaired) electrons. The molecule has 0 bridgehead atoms. The molecule has 36 valence electrons. The summed E-state index contributed by atoms with van der Waals surface area (Å²) < 4.78 is 0. The molecule has 0 aromatic heterocycles. The Hall–Kier alpha value is -0.240. The Labute approximate surface area is 38.3 Å². The highest BCUT2D eigenvalue weighted by Crippen LogP contribution is 1.70. The van der Waals surface area contributed by atoms with Crippen LogP contribution in [0.1, 0.15) is 13.8 Å². The van der Waals surface area contributed by atoms with Crippen molar-refractivity contribution in [1.29, 1.82) is 0 Å². The predicted molar refractivity (Wildman–Crippen MR) is 26.6 cm³/mol. The van der Waals surface area contributed by atoms with Crippen molar-refractivity contribution < 1.29 is 0 Å². The summed E-state index contributed by atoms with van der Waals surface area (Å²) in [5, 5.41) is 11.1. The van der Waals surface area contributed by atoms with Crippen molar-refractivity contribution in [2.24, 2.45) is 0 Å². The van der Waals surface area contributed by atoms with Crippen molar-refractivity contribution in [2.45, 2.75) is 13.8 Å². The Morgan fingerprint density at radius 2 is 1.67 bits per heavy atom. The third-order valence-corrected chi connectivity index (χ3v) is 0.705. The SMILES string of the molecule is CC[N+2]([O-])CC. The number of hydrogen-bond donors (Lipinski definition) is 0. The zero-order valence-electron chi connectivity index (χ0n) is 4.27. The second-order valence-electron chi connectivity index (χ2n) is 1.11. The molecule has 0 amide bonds. The highest BCUT2D eigenvalue weighted by Gasteiger charge is 1.97. The van der Waals surface area contributed by atoms with Gasteiger partial charge in [-0.2, -0.15) is 0 Å². The van der Waals surface area contributed by atoms with Crippen LogP contribution in [0.3, 0.4) is 0 Å². The summed E-state index contributed by atoms with van der Waals surface area (Å²) in [6.45, 7) is 4.90. The van der Waals surface area contributed by atoms with Crippen LogP contribution in [-0.4, -0.2) is 13.1 Å². The van der Waals surface area contributed by atoms with E-state index in [1.54, 1.807) is 0 Å². The molecule has 0 spiro atoms. The monoisotopic (exact) mass is 88.1 g/mol. The van der Waals surface area contributed by atoms with Gasteiger partial charge in [0.2, 0.25) is 0 Å². The van der Waals surface area contributed by atoms with Crippen LogP contribution in [0.2, 0.25) is 0 Å². The molecule has 2 nitrogen and oxygen atoms in total. The van der Waals surface area contributed by atoms with E-state index < -0.39 is 0 Å². The molecular formula is C4H10NO+. The van der Waals surface area contributed by atoms with Crippen LogP contribution < -0.4 is 5.06 Å². The van der Waals surface area contributed by atoms with E-state index in [2.05, 4.69) is 0 Å². The summed E-state index contributed by atoms with van der Waals surface area (Å²) in [7, 11) is 0. The predicted octanol–water partition coefficient (Wildman–Crippen LogP) is 0.664. The van der Waals surface area contributed by atoms with E-state index in [1.165, 1.54) is 0 Å². The van der Waals surface area contributed by atoms with E-state index in [9.17, 15) is 5.21 Å². The number of rotatable bonds is 2. The zero-order chi connectivity index (χ0) is 4.99. The van der Waals surface area contributed by atoms with Gasteiger partial charge in [0.15, 0.2) is 0 Å². The maximum absolute atomic E-state index is 10.1. The lowest BCUT2D eigenvalue weighted by molar-refractivity contribution is 0.574. The van der Waals surface area contributed by atoms with Crippen molar-refractivity contribution >= 4 is 0 Å². The van der Waals surface area contributed by atoms with Gasteiger partial charge in [0.1, 0.15) is 0 Å². The highest BCUT2D eigenvalue weighted by molar-refractivity contribution is 4.54. The van der Waals surface area contributed by atoms with E-state index >= 15 is 0 Å². The molecule has 0 aliphatic heterocycles. The molecule has 0 saturated carbocycles. The van der Waals surface area contributed by atoms with Crippen molar-refractivity contribution in [3.05, 3.63) is 5.21 Å². The topological polar surface area (TPSA) is 29.0 Å². The lowest BCUT2D eigenvalue weighted by atomic mass is 10.6. The fourth-order valence-corrected chi connectivity index (χ4v) is 0.224. The van der Waals surface area contributed by atoms with Crippen molar-refractivity contribution in [2.75, 3.05) is 13.1 Å². The van der Waals surface area contributed by atoms with Gasteiger partial charge in [0.25, 0.3) is 13.1 Å². The number of hydrogen-bond acceptors (Lipinski definition) is 2. The first-order chi connectivity index (χ1) is 2.81. The third-order valence-electron chi connectivity index (χ3n) is 0.705. The minimum absolute atomic E-state index is 0.608.